The number of carbonyl (C=O) groups is 1. The Hall–Kier alpha value is -1.81. The third-order valence-corrected chi connectivity index (χ3v) is 3.41. The van der Waals surface area contributed by atoms with Gasteiger partial charge >= 0.3 is 0 Å². The number of hydrogen-bond acceptors (Lipinski definition) is 2. The Balaban J connectivity index is 2.16. The van der Waals surface area contributed by atoms with Gasteiger partial charge in [-0.05, 0) is 48.9 Å². The molecule has 4 heteroatoms. The molecule has 0 aromatic heterocycles. The molecule has 0 unspecified atom stereocenters. The molecule has 1 amide bonds. The van der Waals surface area contributed by atoms with Crippen molar-refractivity contribution in [3.8, 4) is 5.75 Å². The minimum absolute atomic E-state index is 0.143. The van der Waals surface area contributed by atoms with Crippen LogP contribution in [0.15, 0.2) is 46.9 Å². The quantitative estimate of drug-likeness (QED) is 0.888. The summed E-state index contributed by atoms with van der Waals surface area (Å²) in [6.07, 6.45) is 0. The Kier molecular flexibility index (Phi) is 3.67. The van der Waals surface area contributed by atoms with E-state index in [1.54, 1.807) is 12.1 Å². The molecular weight excluding hydrogens is 294 g/mol. The van der Waals surface area contributed by atoms with Gasteiger partial charge in [0.2, 0.25) is 0 Å². The third-order valence-electron chi connectivity index (χ3n) is 2.56. The maximum Gasteiger partial charge on any atom is 0.255 e. The van der Waals surface area contributed by atoms with E-state index in [1.165, 1.54) is 12.1 Å². The number of aryl methyl sites for hydroxylation is 1. The Labute approximate surface area is 114 Å². The molecule has 2 aromatic carbocycles. The zero-order chi connectivity index (χ0) is 13.1. The van der Waals surface area contributed by atoms with Crippen LogP contribution in [0.25, 0.3) is 0 Å². The van der Waals surface area contributed by atoms with Gasteiger partial charge in [0.15, 0.2) is 0 Å². The Morgan fingerprint density at radius 1 is 1.17 bits per heavy atom. The monoisotopic (exact) mass is 305 g/mol. The number of rotatable bonds is 2. The second kappa shape index (κ2) is 5.23. The van der Waals surface area contributed by atoms with Crippen molar-refractivity contribution in [3.63, 3.8) is 0 Å². The smallest absolute Gasteiger partial charge is 0.255 e. The number of carbonyl (C=O) groups excluding carboxylic acids is 1. The molecule has 0 atom stereocenters. The number of phenols is 1. The van der Waals surface area contributed by atoms with Crippen molar-refractivity contribution in [2.75, 3.05) is 5.32 Å². The van der Waals surface area contributed by atoms with Gasteiger partial charge in [-0.2, -0.15) is 0 Å². The minimum atomic E-state index is -0.203. The predicted molar refractivity (Wildman–Crippen MR) is 74.9 cm³/mol. The summed E-state index contributed by atoms with van der Waals surface area (Å²) >= 11 is 3.42. The number of benzene rings is 2. The molecule has 0 bridgehead atoms. The highest BCUT2D eigenvalue weighted by Gasteiger charge is 2.06. The van der Waals surface area contributed by atoms with Crippen LogP contribution in [0.3, 0.4) is 0 Å². The van der Waals surface area contributed by atoms with E-state index >= 15 is 0 Å². The lowest BCUT2D eigenvalue weighted by atomic mass is 10.2. The van der Waals surface area contributed by atoms with Crippen LogP contribution in [0, 0.1) is 6.92 Å². The van der Waals surface area contributed by atoms with Crippen molar-refractivity contribution < 1.29 is 9.90 Å². The predicted octanol–water partition coefficient (Wildman–Crippen LogP) is 3.72. The molecule has 0 saturated carbocycles. The SMILES string of the molecule is Cc1ccc(NC(=O)c2ccc(O)cc2)cc1Br. The van der Waals surface area contributed by atoms with Crippen LogP contribution in [0.1, 0.15) is 15.9 Å². The van der Waals surface area contributed by atoms with Gasteiger partial charge in [0.1, 0.15) is 5.75 Å². The van der Waals surface area contributed by atoms with E-state index in [1.807, 2.05) is 25.1 Å². The molecule has 0 fully saturated rings. The van der Waals surface area contributed by atoms with Crippen molar-refractivity contribution in [1.82, 2.24) is 0 Å². The summed E-state index contributed by atoms with van der Waals surface area (Å²) in [5.74, 6) is -0.0598. The van der Waals surface area contributed by atoms with Crippen LogP contribution < -0.4 is 5.32 Å². The Morgan fingerprint density at radius 3 is 2.44 bits per heavy atom. The second-order valence-electron chi connectivity index (χ2n) is 3.96. The summed E-state index contributed by atoms with van der Waals surface area (Å²) in [5, 5.41) is 12.0. The summed E-state index contributed by atoms with van der Waals surface area (Å²) in [4.78, 5) is 11.9. The molecule has 0 radical (unpaired) electrons. The average molecular weight is 306 g/mol. The Morgan fingerprint density at radius 2 is 1.83 bits per heavy atom. The summed E-state index contributed by atoms with van der Waals surface area (Å²) in [5.41, 5.74) is 2.34. The van der Waals surface area contributed by atoms with E-state index in [-0.39, 0.29) is 11.7 Å². The number of phenolic OH excluding ortho intramolecular Hbond substituents is 1. The molecule has 0 spiro atoms. The van der Waals surface area contributed by atoms with Gasteiger partial charge in [-0.1, -0.05) is 22.0 Å². The Bertz CT molecular complexity index is 579. The standard InChI is InChI=1S/C14H12BrNO2/c1-9-2-5-11(8-13(9)15)16-14(18)10-3-6-12(17)7-4-10/h2-8,17H,1H3,(H,16,18). The molecule has 0 aliphatic carbocycles. The van der Waals surface area contributed by atoms with Crippen LogP contribution >= 0.6 is 15.9 Å². The van der Waals surface area contributed by atoms with Gasteiger partial charge in [-0.3, -0.25) is 4.79 Å². The van der Waals surface area contributed by atoms with Crippen molar-refractivity contribution in [2.45, 2.75) is 6.92 Å². The molecule has 0 heterocycles. The van der Waals surface area contributed by atoms with Gasteiger partial charge in [0, 0.05) is 15.7 Å². The van der Waals surface area contributed by atoms with Crippen molar-refractivity contribution >= 4 is 27.5 Å². The number of anilines is 1. The van der Waals surface area contributed by atoms with Crippen LogP contribution in [0.4, 0.5) is 5.69 Å². The van der Waals surface area contributed by atoms with Crippen molar-refractivity contribution in [1.29, 1.82) is 0 Å². The number of aromatic hydroxyl groups is 1. The minimum Gasteiger partial charge on any atom is -0.508 e. The van der Waals surface area contributed by atoms with Gasteiger partial charge in [0.25, 0.3) is 5.91 Å². The van der Waals surface area contributed by atoms with E-state index in [0.717, 1.165) is 15.7 Å². The summed E-state index contributed by atoms with van der Waals surface area (Å²) in [6.45, 7) is 1.98. The molecule has 0 saturated heterocycles. The lowest BCUT2D eigenvalue weighted by molar-refractivity contribution is 0.102. The van der Waals surface area contributed by atoms with Gasteiger partial charge < -0.3 is 10.4 Å². The highest BCUT2D eigenvalue weighted by molar-refractivity contribution is 9.10. The number of amides is 1. The molecule has 0 aliphatic rings. The summed E-state index contributed by atoms with van der Waals surface area (Å²) < 4.78 is 0.950. The van der Waals surface area contributed by atoms with Gasteiger partial charge in [-0.25, -0.2) is 0 Å². The first kappa shape index (κ1) is 12.6. The van der Waals surface area contributed by atoms with Gasteiger partial charge in [0.05, 0.1) is 0 Å². The maximum atomic E-state index is 11.9. The van der Waals surface area contributed by atoms with Crippen molar-refractivity contribution in [2.24, 2.45) is 0 Å². The number of nitrogens with one attached hydrogen (secondary N) is 1. The normalized spacial score (nSPS) is 10.1. The first-order chi connectivity index (χ1) is 8.56. The fourth-order valence-corrected chi connectivity index (χ4v) is 1.87. The fraction of sp³-hybridized carbons (Fsp3) is 0.0714. The first-order valence-electron chi connectivity index (χ1n) is 5.43. The molecule has 0 aliphatic heterocycles. The fourth-order valence-electron chi connectivity index (χ4n) is 1.49. The molecular formula is C14H12BrNO2. The molecule has 2 aromatic rings. The number of hydrogen-bond donors (Lipinski definition) is 2. The highest BCUT2D eigenvalue weighted by atomic mass is 79.9. The molecule has 18 heavy (non-hydrogen) atoms. The van der Waals surface area contributed by atoms with E-state index in [2.05, 4.69) is 21.2 Å². The van der Waals surface area contributed by atoms with Crippen LogP contribution in [-0.2, 0) is 0 Å². The highest BCUT2D eigenvalue weighted by Crippen LogP contribution is 2.21. The van der Waals surface area contributed by atoms with Crippen LogP contribution in [-0.4, -0.2) is 11.0 Å². The van der Waals surface area contributed by atoms with Crippen LogP contribution in [0.2, 0.25) is 0 Å². The van der Waals surface area contributed by atoms with Gasteiger partial charge in [-0.15, -0.1) is 0 Å². The third kappa shape index (κ3) is 2.90. The molecule has 2 rings (SSSR count). The molecule has 2 N–H and O–H groups in total. The zero-order valence-corrected chi connectivity index (χ0v) is 11.4. The average Bonchev–Trinajstić information content (AvgIpc) is 2.34. The second-order valence-corrected chi connectivity index (χ2v) is 4.82. The largest absolute Gasteiger partial charge is 0.508 e. The zero-order valence-electron chi connectivity index (χ0n) is 9.77. The topological polar surface area (TPSA) is 49.3 Å². The lowest BCUT2D eigenvalue weighted by Crippen LogP contribution is -2.11. The number of halogens is 1. The maximum absolute atomic E-state index is 11.9. The first-order valence-corrected chi connectivity index (χ1v) is 6.22. The lowest BCUT2D eigenvalue weighted by Gasteiger charge is -2.07. The van der Waals surface area contributed by atoms with E-state index in [9.17, 15) is 4.79 Å². The molecule has 3 nitrogen and oxygen atoms in total. The van der Waals surface area contributed by atoms with E-state index in [0.29, 0.717) is 5.56 Å². The van der Waals surface area contributed by atoms with Crippen LogP contribution in [0.5, 0.6) is 5.75 Å². The molecule has 92 valence electrons. The summed E-state index contributed by atoms with van der Waals surface area (Å²) in [6, 6.07) is 11.8. The summed E-state index contributed by atoms with van der Waals surface area (Å²) in [7, 11) is 0. The van der Waals surface area contributed by atoms with E-state index in [4.69, 9.17) is 5.11 Å². The van der Waals surface area contributed by atoms with Crippen molar-refractivity contribution in [3.05, 3.63) is 58.1 Å². The van der Waals surface area contributed by atoms with E-state index < -0.39 is 0 Å².